The summed E-state index contributed by atoms with van der Waals surface area (Å²) in [6.45, 7) is 6.53. The van der Waals surface area contributed by atoms with Gasteiger partial charge in [-0.25, -0.2) is 8.42 Å². The van der Waals surface area contributed by atoms with Crippen molar-refractivity contribution in [2.24, 2.45) is 0 Å². The molecule has 0 saturated carbocycles. The van der Waals surface area contributed by atoms with Crippen LogP contribution >= 0.6 is 0 Å². The topological polar surface area (TPSA) is 46.2 Å². The normalized spacial score (nSPS) is 11.5. The van der Waals surface area contributed by atoms with Crippen LogP contribution in [0.3, 0.4) is 0 Å². The molecule has 0 aromatic heterocycles. The van der Waals surface area contributed by atoms with Gasteiger partial charge >= 0.3 is 0 Å². The van der Waals surface area contributed by atoms with Crippen LogP contribution in [0, 0.1) is 13.8 Å². The molecule has 1 rings (SSSR count). The smallest absolute Gasteiger partial charge is 0.150 e. The van der Waals surface area contributed by atoms with Crippen LogP contribution in [0.2, 0.25) is 0 Å². The van der Waals surface area contributed by atoms with E-state index in [0.29, 0.717) is 13.0 Å². The summed E-state index contributed by atoms with van der Waals surface area (Å²) >= 11 is 0. The molecule has 17 heavy (non-hydrogen) atoms. The first-order valence-corrected chi connectivity index (χ1v) is 7.79. The van der Waals surface area contributed by atoms with Crippen molar-refractivity contribution in [3.8, 4) is 0 Å². The summed E-state index contributed by atoms with van der Waals surface area (Å²) < 4.78 is 22.6. The van der Waals surface area contributed by atoms with E-state index in [-0.39, 0.29) is 11.5 Å². The van der Waals surface area contributed by atoms with Crippen LogP contribution in [-0.4, -0.2) is 26.5 Å². The fourth-order valence-corrected chi connectivity index (χ4v) is 2.47. The first kappa shape index (κ1) is 14.0. The maximum atomic E-state index is 11.3. The van der Waals surface area contributed by atoms with Crippen molar-refractivity contribution in [2.45, 2.75) is 27.2 Å². The monoisotopic (exact) mass is 255 g/mol. The molecule has 0 radical (unpaired) electrons. The number of sulfone groups is 1. The van der Waals surface area contributed by atoms with Crippen molar-refractivity contribution >= 4 is 15.5 Å². The number of aryl methyl sites for hydroxylation is 1. The highest BCUT2D eigenvalue weighted by Gasteiger charge is 2.06. The predicted octanol–water partition coefficient (Wildman–Crippen LogP) is 2.54. The zero-order chi connectivity index (χ0) is 12.9. The van der Waals surface area contributed by atoms with Crippen molar-refractivity contribution in [3.05, 3.63) is 29.3 Å². The number of rotatable bonds is 6. The van der Waals surface area contributed by atoms with Gasteiger partial charge in [-0.2, -0.15) is 0 Å². The second-order valence-electron chi connectivity index (χ2n) is 4.26. The van der Waals surface area contributed by atoms with Crippen LogP contribution in [0.1, 0.15) is 24.5 Å². The Balaban J connectivity index is 2.44. The van der Waals surface area contributed by atoms with Crippen molar-refractivity contribution in [2.75, 3.05) is 23.4 Å². The summed E-state index contributed by atoms with van der Waals surface area (Å²) in [6, 6.07) is 6.10. The van der Waals surface area contributed by atoms with Gasteiger partial charge in [0.05, 0.1) is 5.75 Å². The van der Waals surface area contributed by atoms with Gasteiger partial charge in [-0.15, -0.1) is 0 Å². The summed E-state index contributed by atoms with van der Waals surface area (Å²) in [5, 5.41) is 3.29. The third-order valence-electron chi connectivity index (χ3n) is 2.99. The van der Waals surface area contributed by atoms with Gasteiger partial charge in [0.1, 0.15) is 9.84 Å². The zero-order valence-corrected chi connectivity index (χ0v) is 11.6. The molecular formula is C13H21NO2S. The fourth-order valence-electron chi connectivity index (χ4n) is 1.60. The Hall–Kier alpha value is -1.03. The van der Waals surface area contributed by atoms with Crippen LogP contribution in [0.4, 0.5) is 5.69 Å². The van der Waals surface area contributed by atoms with Crippen molar-refractivity contribution in [1.29, 1.82) is 0 Å². The molecule has 0 spiro atoms. The van der Waals surface area contributed by atoms with E-state index in [1.54, 1.807) is 6.92 Å². The highest BCUT2D eigenvalue weighted by atomic mass is 32.2. The number of nitrogens with one attached hydrogen (secondary N) is 1. The minimum atomic E-state index is -2.83. The second-order valence-corrected chi connectivity index (χ2v) is 6.74. The van der Waals surface area contributed by atoms with Gasteiger partial charge in [-0.05, 0) is 37.5 Å². The molecule has 1 N–H and O–H groups in total. The molecule has 0 aliphatic carbocycles. The Kier molecular flexibility index (Phi) is 5.00. The zero-order valence-electron chi connectivity index (χ0n) is 10.8. The summed E-state index contributed by atoms with van der Waals surface area (Å²) in [5.74, 6) is 0.498. The third-order valence-corrected chi connectivity index (χ3v) is 4.78. The lowest BCUT2D eigenvalue weighted by atomic mass is 10.1. The Labute approximate surface area is 104 Å². The van der Waals surface area contributed by atoms with E-state index in [1.807, 2.05) is 12.1 Å². The highest BCUT2D eigenvalue weighted by Crippen LogP contribution is 2.17. The molecule has 0 aliphatic rings. The summed E-state index contributed by atoms with van der Waals surface area (Å²) in [4.78, 5) is 0. The molecule has 0 amide bonds. The molecule has 96 valence electrons. The summed E-state index contributed by atoms with van der Waals surface area (Å²) in [7, 11) is -2.83. The van der Waals surface area contributed by atoms with E-state index in [0.717, 1.165) is 5.69 Å². The lowest BCUT2D eigenvalue weighted by molar-refractivity contribution is 0.595. The fraction of sp³-hybridized carbons (Fsp3) is 0.538. The maximum Gasteiger partial charge on any atom is 0.150 e. The van der Waals surface area contributed by atoms with Crippen molar-refractivity contribution in [1.82, 2.24) is 0 Å². The van der Waals surface area contributed by atoms with Gasteiger partial charge in [0.15, 0.2) is 0 Å². The van der Waals surface area contributed by atoms with E-state index in [2.05, 4.69) is 25.2 Å². The molecule has 0 atom stereocenters. The van der Waals surface area contributed by atoms with Crippen LogP contribution in [0.5, 0.6) is 0 Å². The van der Waals surface area contributed by atoms with Gasteiger partial charge in [-0.3, -0.25) is 0 Å². The minimum Gasteiger partial charge on any atom is -0.385 e. The molecule has 4 heteroatoms. The van der Waals surface area contributed by atoms with E-state index in [1.165, 1.54) is 11.1 Å². The predicted molar refractivity (Wildman–Crippen MR) is 73.4 cm³/mol. The van der Waals surface area contributed by atoms with E-state index in [4.69, 9.17) is 0 Å². The standard InChI is InChI=1S/C13H21NO2S/c1-4-17(15,16)10-6-9-14-13-8-5-7-11(2)12(13)3/h5,7-8,14H,4,6,9-10H2,1-3H3. The van der Waals surface area contributed by atoms with Gasteiger partial charge in [0.25, 0.3) is 0 Å². The molecular weight excluding hydrogens is 234 g/mol. The van der Waals surface area contributed by atoms with E-state index in [9.17, 15) is 8.42 Å². The molecule has 0 aliphatic heterocycles. The minimum absolute atomic E-state index is 0.233. The largest absolute Gasteiger partial charge is 0.385 e. The van der Waals surface area contributed by atoms with Crippen molar-refractivity contribution in [3.63, 3.8) is 0 Å². The van der Waals surface area contributed by atoms with Gasteiger partial charge in [0.2, 0.25) is 0 Å². The highest BCUT2D eigenvalue weighted by molar-refractivity contribution is 7.91. The average molecular weight is 255 g/mol. The quantitative estimate of drug-likeness (QED) is 0.795. The van der Waals surface area contributed by atoms with Crippen LogP contribution in [-0.2, 0) is 9.84 Å². The van der Waals surface area contributed by atoms with Crippen LogP contribution < -0.4 is 5.32 Å². The summed E-state index contributed by atoms with van der Waals surface area (Å²) in [5.41, 5.74) is 3.57. The lowest BCUT2D eigenvalue weighted by Crippen LogP contribution is -2.13. The third kappa shape index (κ3) is 4.38. The van der Waals surface area contributed by atoms with Crippen LogP contribution in [0.15, 0.2) is 18.2 Å². The number of anilines is 1. The van der Waals surface area contributed by atoms with Gasteiger partial charge in [-0.1, -0.05) is 19.1 Å². The second kappa shape index (κ2) is 6.05. The van der Waals surface area contributed by atoms with Crippen molar-refractivity contribution < 1.29 is 8.42 Å². The van der Waals surface area contributed by atoms with E-state index < -0.39 is 9.84 Å². The molecule has 0 saturated heterocycles. The Morgan fingerprint density at radius 2 is 1.94 bits per heavy atom. The average Bonchev–Trinajstić information content (AvgIpc) is 2.30. The van der Waals surface area contributed by atoms with Gasteiger partial charge in [0, 0.05) is 18.0 Å². The number of benzene rings is 1. The van der Waals surface area contributed by atoms with Gasteiger partial charge < -0.3 is 5.32 Å². The molecule has 0 heterocycles. The number of hydrogen-bond donors (Lipinski definition) is 1. The maximum absolute atomic E-state index is 11.3. The molecule has 1 aromatic rings. The Morgan fingerprint density at radius 1 is 1.24 bits per heavy atom. The molecule has 0 fully saturated rings. The molecule has 1 aromatic carbocycles. The number of hydrogen-bond acceptors (Lipinski definition) is 3. The SMILES string of the molecule is CCS(=O)(=O)CCCNc1cccc(C)c1C. The molecule has 3 nitrogen and oxygen atoms in total. The molecule has 0 bridgehead atoms. The Morgan fingerprint density at radius 3 is 2.59 bits per heavy atom. The first-order valence-electron chi connectivity index (χ1n) is 5.97. The first-order chi connectivity index (χ1) is 7.96. The lowest BCUT2D eigenvalue weighted by Gasteiger charge is -2.11. The van der Waals surface area contributed by atoms with E-state index >= 15 is 0 Å². The molecule has 0 unspecified atom stereocenters. The Bertz CT molecular complexity index is 466. The summed E-state index contributed by atoms with van der Waals surface area (Å²) in [6.07, 6.45) is 0.656. The van der Waals surface area contributed by atoms with Crippen LogP contribution in [0.25, 0.3) is 0 Å².